The van der Waals surface area contributed by atoms with Gasteiger partial charge in [-0.3, -0.25) is 14.8 Å². The number of oxime groups is 1. The van der Waals surface area contributed by atoms with Gasteiger partial charge in [-0.2, -0.15) is 4.98 Å². The number of carboxylic acid groups (broad SMARTS) is 1. The predicted molar refractivity (Wildman–Crippen MR) is 190 cm³/mol. The van der Waals surface area contributed by atoms with Crippen LogP contribution in [0, 0.1) is 29.6 Å². The lowest BCUT2D eigenvalue weighted by molar-refractivity contribution is -0.141. The zero-order chi connectivity index (χ0) is 36.1. The molecule has 0 atom stereocenters. The molecule has 0 unspecified atom stereocenters. The highest BCUT2D eigenvalue weighted by Gasteiger charge is 2.16. The van der Waals surface area contributed by atoms with Gasteiger partial charge in [0.25, 0.3) is 0 Å². The Hall–Kier alpha value is -6.40. The van der Waals surface area contributed by atoms with Crippen molar-refractivity contribution in [2.24, 2.45) is 16.8 Å². The molecular weight excluding hydrogens is 632 g/mol. The molecule has 5 rings (SSSR count). The summed E-state index contributed by atoms with van der Waals surface area (Å²) in [6.45, 7) is 8.02. The summed E-state index contributed by atoms with van der Waals surface area (Å²) in [6, 6.07) is 18.3. The second kappa shape index (κ2) is 20.8. The van der Waals surface area contributed by atoms with Crippen molar-refractivity contribution in [3.05, 3.63) is 120 Å². The lowest BCUT2D eigenvalue weighted by Crippen LogP contribution is -2.14. The van der Waals surface area contributed by atoms with Crippen molar-refractivity contribution in [3.63, 3.8) is 0 Å². The average Bonchev–Trinajstić information content (AvgIpc) is 3.65. The van der Waals surface area contributed by atoms with Crippen LogP contribution in [-0.4, -0.2) is 52.2 Å². The minimum atomic E-state index is -0.671. The summed E-state index contributed by atoms with van der Waals surface area (Å²) >= 11 is 0. The smallest absolute Gasteiger partial charge is 0.306 e. The van der Waals surface area contributed by atoms with E-state index in [2.05, 4.69) is 72.8 Å². The maximum absolute atomic E-state index is 10.2. The number of rotatable bonds is 8. The van der Waals surface area contributed by atoms with Gasteiger partial charge < -0.3 is 20.6 Å². The van der Waals surface area contributed by atoms with E-state index in [1.165, 1.54) is 0 Å². The quantitative estimate of drug-likeness (QED) is 0.0551. The third kappa shape index (κ3) is 12.3. The van der Waals surface area contributed by atoms with Crippen LogP contribution < -0.4 is 5.73 Å². The SMILES string of the molecule is CCC(CC)C(=O)O.CCC(CC)c1nc(-c2ccc(C#Cc3ccccn3)cn2)no1.N/C(=N\O)c1ccc(C#Cc2ccccn2)cn1. The monoisotopic (exact) mass is 672 g/mol. The molecule has 256 valence electrons. The van der Waals surface area contributed by atoms with Gasteiger partial charge in [-0.05, 0) is 86.1 Å². The van der Waals surface area contributed by atoms with E-state index in [1.54, 1.807) is 36.9 Å². The van der Waals surface area contributed by atoms with Crippen LogP contribution in [0.5, 0.6) is 0 Å². The van der Waals surface area contributed by atoms with E-state index in [0.717, 1.165) is 42.5 Å². The molecule has 0 amide bonds. The standard InChI is InChI=1S/C19H18N4O.C13H10N4O.C6H12O2/c1-3-15(4-2)19-22-18(23-24-19)17-11-9-14(13-21-17)8-10-16-7-5-6-12-20-16;14-13(17-18)12-7-5-10(9-16-12)4-6-11-3-1-2-8-15-11;1-3-5(4-2)6(7)8/h5-7,9,11-13,15H,3-4H2,1-2H3;1-3,5,7-9,18H,(H2,14,17);5H,3-4H2,1-2H3,(H,7,8). The molecule has 0 saturated carbocycles. The van der Waals surface area contributed by atoms with Crippen LogP contribution in [0.15, 0.2) is 95.1 Å². The van der Waals surface area contributed by atoms with Crippen LogP contribution in [0.2, 0.25) is 0 Å². The molecule has 50 heavy (non-hydrogen) atoms. The first-order chi connectivity index (χ1) is 24.3. The highest BCUT2D eigenvalue weighted by Crippen LogP contribution is 2.23. The molecule has 0 saturated heterocycles. The molecule has 0 fully saturated rings. The van der Waals surface area contributed by atoms with E-state index in [1.807, 2.05) is 62.4 Å². The molecule has 12 heteroatoms. The molecule has 0 aliphatic heterocycles. The lowest BCUT2D eigenvalue weighted by Gasteiger charge is -2.04. The minimum Gasteiger partial charge on any atom is -0.481 e. The first kappa shape index (κ1) is 38.1. The zero-order valence-corrected chi connectivity index (χ0v) is 28.5. The molecular formula is C38H40N8O4. The van der Waals surface area contributed by atoms with Gasteiger partial charge in [-0.15, -0.1) is 0 Å². The minimum absolute atomic E-state index is 0.0285. The highest BCUT2D eigenvalue weighted by atomic mass is 16.5. The molecule has 0 bridgehead atoms. The number of carboxylic acids is 1. The van der Waals surface area contributed by atoms with Crippen molar-refractivity contribution in [3.8, 4) is 35.2 Å². The summed E-state index contributed by atoms with van der Waals surface area (Å²) < 4.78 is 5.36. The summed E-state index contributed by atoms with van der Waals surface area (Å²) in [6.07, 6.45) is 10.1. The van der Waals surface area contributed by atoms with Crippen LogP contribution in [0.1, 0.15) is 93.4 Å². The van der Waals surface area contributed by atoms with Gasteiger partial charge in [-0.1, -0.05) is 62.0 Å². The summed E-state index contributed by atoms with van der Waals surface area (Å²) in [4.78, 5) is 31.3. The second-order valence-electron chi connectivity index (χ2n) is 10.6. The van der Waals surface area contributed by atoms with E-state index < -0.39 is 5.97 Å². The number of nitrogens with zero attached hydrogens (tertiary/aromatic N) is 7. The number of aliphatic carboxylic acids is 1. The van der Waals surface area contributed by atoms with Crippen LogP contribution >= 0.6 is 0 Å². The van der Waals surface area contributed by atoms with Crippen LogP contribution in [0.25, 0.3) is 11.5 Å². The van der Waals surface area contributed by atoms with Crippen molar-refractivity contribution in [2.45, 2.75) is 59.3 Å². The van der Waals surface area contributed by atoms with Gasteiger partial charge in [0.05, 0.1) is 5.92 Å². The van der Waals surface area contributed by atoms with E-state index in [0.29, 0.717) is 34.7 Å². The van der Waals surface area contributed by atoms with Crippen LogP contribution in [0.3, 0.4) is 0 Å². The fraction of sp³-hybridized carbons (Fsp3) is 0.263. The Bertz CT molecular complexity index is 1900. The van der Waals surface area contributed by atoms with Gasteiger partial charge in [0, 0.05) is 41.8 Å². The Morgan fingerprint density at radius 3 is 1.76 bits per heavy atom. The van der Waals surface area contributed by atoms with Crippen molar-refractivity contribution >= 4 is 11.8 Å². The summed E-state index contributed by atoms with van der Waals surface area (Å²) in [5, 5.41) is 23.8. The van der Waals surface area contributed by atoms with E-state index >= 15 is 0 Å². The van der Waals surface area contributed by atoms with Gasteiger partial charge in [0.15, 0.2) is 5.84 Å². The Morgan fingerprint density at radius 1 is 0.780 bits per heavy atom. The molecule has 0 spiro atoms. The number of pyridine rings is 4. The van der Waals surface area contributed by atoms with E-state index in [-0.39, 0.29) is 11.8 Å². The molecule has 0 aliphatic carbocycles. The highest BCUT2D eigenvalue weighted by molar-refractivity contribution is 5.95. The number of amidine groups is 1. The van der Waals surface area contributed by atoms with E-state index in [9.17, 15) is 4.79 Å². The Balaban J connectivity index is 0.000000229. The fourth-order valence-corrected chi connectivity index (χ4v) is 4.20. The van der Waals surface area contributed by atoms with Crippen LogP contribution in [0.4, 0.5) is 0 Å². The summed E-state index contributed by atoms with van der Waals surface area (Å²) in [5.41, 5.74) is 9.45. The average molecular weight is 673 g/mol. The number of aromatic nitrogens is 6. The van der Waals surface area contributed by atoms with Gasteiger partial charge in [0.1, 0.15) is 22.8 Å². The number of nitrogens with two attached hydrogens (primary N) is 1. The van der Waals surface area contributed by atoms with Crippen molar-refractivity contribution in [1.29, 1.82) is 0 Å². The Morgan fingerprint density at radius 2 is 1.36 bits per heavy atom. The lowest BCUT2D eigenvalue weighted by atomic mass is 10.0. The molecule has 0 aromatic carbocycles. The number of hydrogen-bond donors (Lipinski definition) is 3. The van der Waals surface area contributed by atoms with Crippen molar-refractivity contribution in [2.75, 3.05) is 0 Å². The largest absolute Gasteiger partial charge is 0.481 e. The van der Waals surface area contributed by atoms with Crippen molar-refractivity contribution < 1.29 is 19.6 Å². The molecule has 12 nitrogen and oxygen atoms in total. The molecule has 0 aliphatic rings. The second-order valence-corrected chi connectivity index (χ2v) is 10.6. The first-order valence-electron chi connectivity index (χ1n) is 16.1. The first-order valence-corrected chi connectivity index (χ1v) is 16.1. The van der Waals surface area contributed by atoms with Crippen molar-refractivity contribution in [1.82, 2.24) is 30.1 Å². The molecule has 5 aromatic heterocycles. The molecule has 5 heterocycles. The van der Waals surface area contributed by atoms with Gasteiger partial charge in [-0.25, -0.2) is 9.97 Å². The normalized spacial score (nSPS) is 10.4. The summed E-state index contributed by atoms with van der Waals surface area (Å²) in [5.74, 6) is 12.5. The number of carbonyl (C=O) groups is 1. The topological polar surface area (TPSA) is 186 Å². The Labute approximate surface area is 292 Å². The molecule has 4 N–H and O–H groups in total. The third-order valence-electron chi connectivity index (χ3n) is 7.24. The zero-order valence-electron chi connectivity index (χ0n) is 28.5. The molecule has 0 radical (unpaired) electrons. The summed E-state index contributed by atoms with van der Waals surface area (Å²) in [7, 11) is 0. The maximum atomic E-state index is 10.2. The third-order valence-corrected chi connectivity index (χ3v) is 7.24. The fourth-order valence-electron chi connectivity index (χ4n) is 4.20. The molecule has 5 aromatic rings. The maximum Gasteiger partial charge on any atom is 0.306 e. The van der Waals surface area contributed by atoms with E-state index in [4.69, 9.17) is 20.6 Å². The van der Waals surface area contributed by atoms with Crippen LogP contribution in [-0.2, 0) is 4.79 Å². The Kier molecular flexibility index (Phi) is 15.8. The van der Waals surface area contributed by atoms with Gasteiger partial charge >= 0.3 is 5.97 Å². The predicted octanol–water partition coefficient (Wildman–Crippen LogP) is 6.31. The van der Waals surface area contributed by atoms with Gasteiger partial charge in [0.2, 0.25) is 11.7 Å². The number of hydrogen-bond acceptors (Lipinski definition) is 10.